The van der Waals surface area contributed by atoms with E-state index in [1.807, 2.05) is 11.4 Å². The van der Waals surface area contributed by atoms with E-state index in [4.69, 9.17) is 11.0 Å². The molecule has 0 saturated carbocycles. The van der Waals surface area contributed by atoms with Gasteiger partial charge >= 0.3 is 6.03 Å². The maximum atomic E-state index is 11.1. The number of nitrogens with one attached hydrogen (secondary N) is 2. The van der Waals surface area contributed by atoms with Gasteiger partial charge in [0.25, 0.3) is 0 Å². The van der Waals surface area contributed by atoms with Gasteiger partial charge in [-0.2, -0.15) is 5.26 Å². The highest BCUT2D eigenvalue weighted by molar-refractivity contribution is 5.95. The maximum absolute atomic E-state index is 11.1. The van der Waals surface area contributed by atoms with Crippen LogP contribution in [0.4, 0.5) is 10.5 Å². The zero-order valence-electron chi connectivity index (χ0n) is 8.36. The molecule has 0 saturated heterocycles. The number of amides is 3. The van der Waals surface area contributed by atoms with Gasteiger partial charge < -0.3 is 11.1 Å². The van der Waals surface area contributed by atoms with E-state index in [0.717, 1.165) is 0 Å². The predicted octanol–water partition coefficient (Wildman–Crippen LogP) is 0.165. The normalized spacial score (nSPS) is 8.94. The highest BCUT2D eigenvalue weighted by Crippen LogP contribution is 2.12. The minimum absolute atomic E-state index is 0.123. The van der Waals surface area contributed by atoms with E-state index in [-0.39, 0.29) is 6.54 Å². The lowest BCUT2D eigenvalue weighted by Crippen LogP contribution is -2.38. The van der Waals surface area contributed by atoms with E-state index in [2.05, 4.69) is 5.32 Å². The topological polar surface area (TPSA) is 108 Å². The van der Waals surface area contributed by atoms with Crippen molar-refractivity contribution in [1.29, 1.82) is 5.26 Å². The van der Waals surface area contributed by atoms with Crippen LogP contribution in [0.5, 0.6) is 0 Å². The lowest BCUT2D eigenvalue weighted by molar-refractivity contribution is -0.118. The molecule has 1 rings (SSSR count). The highest BCUT2D eigenvalue weighted by atomic mass is 16.2. The Kier molecular flexibility index (Phi) is 3.86. The van der Waals surface area contributed by atoms with Crippen LogP contribution in [0.15, 0.2) is 24.3 Å². The van der Waals surface area contributed by atoms with Crippen molar-refractivity contribution in [2.75, 3.05) is 11.9 Å². The first kappa shape index (κ1) is 11.5. The van der Waals surface area contributed by atoms with Crippen LogP contribution in [-0.2, 0) is 4.79 Å². The van der Waals surface area contributed by atoms with Gasteiger partial charge in [-0.1, -0.05) is 12.1 Å². The first-order valence-electron chi connectivity index (χ1n) is 4.45. The zero-order chi connectivity index (χ0) is 12.0. The fourth-order valence-electron chi connectivity index (χ4n) is 1.09. The number of rotatable bonds is 3. The summed E-state index contributed by atoms with van der Waals surface area (Å²) >= 11 is 0. The number of nitrogens with two attached hydrogens (primary N) is 1. The van der Waals surface area contributed by atoms with Crippen molar-refractivity contribution >= 4 is 17.6 Å². The summed E-state index contributed by atoms with van der Waals surface area (Å²) in [4.78, 5) is 21.4. The third kappa shape index (κ3) is 3.31. The number of carbonyl (C=O) groups excluding carboxylic acids is 2. The summed E-state index contributed by atoms with van der Waals surface area (Å²) in [5.41, 5.74) is 5.72. The molecule has 6 nitrogen and oxygen atoms in total. The molecule has 16 heavy (non-hydrogen) atoms. The summed E-state index contributed by atoms with van der Waals surface area (Å²) in [5.74, 6) is -0.555. The maximum Gasteiger partial charge on any atom is 0.318 e. The Bertz CT molecular complexity index is 450. The Hall–Kier alpha value is -2.55. The predicted molar refractivity (Wildman–Crippen MR) is 57.4 cm³/mol. The first-order chi connectivity index (χ1) is 7.63. The Morgan fingerprint density at radius 3 is 2.69 bits per heavy atom. The average Bonchev–Trinajstić information content (AvgIpc) is 2.26. The molecule has 3 amide bonds. The van der Waals surface area contributed by atoms with Crippen molar-refractivity contribution in [2.45, 2.75) is 0 Å². The molecule has 6 heteroatoms. The fourth-order valence-corrected chi connectivity index (χ4v) is 1.09. The van der Waals surface area contributed by atoms with Crippen LogP contribution in [0.1, 0.15) is 5.56 Å². The number of benzene rings is 1. The van der Waals surface area contributed by atoms with Gasteiger partial charge in [-0.15, -0.1) is 0 Å². The first-order valence-corrected chi connectivity index (χ1v) is 4.45. The highest BCUT2D eigenvalue weighted by Gasteiger charge is 2.05. The average molecular weight is 218 g/mol. The molecule has 1 aromatic rings. The molecule has 1 aromatic carbocycles. The lowest BCUT2D eigenvalue weighted by Gasteiger charge is -2.06. The second kappa shape index (κ2) is 5.36. The quantitative estimate of drug-likeness (QED) is 0.671. The number of imide groups is 1. The molecule has 0 unspecified atom stereocenters. The van der Waals surface area contributed by atoms with Crippen LogP contribution in [0, 0.1) is 11.3 Å². The summed E-state index contributed by atoms with van der Waals surface area (Å²) in [6.45, 7) is -0.123. The van der Waals surface area contributed by atoms with E-state index < -0.39 is 11.9 Å². The van der Waals surface area contributed by atoms with Crippen LogP contribution in [0.25, 0.3) is 0 Å². The smallest absolute Gasteiger partial charge is 0.318 e. The van der Waals surface area contributed by atoms with E-state index in [9.17, 15) is 9.59 Å². The van der Waals surface area contributed by atoms with Gasteiger partial charge in [0.15, 0.2) is 0 Å². The molecule has 82 valence electrons. The van der Waals surface area contributed by atoms with Crippen LogP contribution < -0.4 is 16.4 Å². The van der Waals surface area contributed by atoms with E-state index >= 15 is 0 Å². The molecule has 0 bridgehead atoms. The Balaban J connectivity index is 2.58. The number of anilines is 1. The van der Waals surface area contributed by atoms with Gasteiger partial charge in [0.1, 0.15) is 6.07 Å². The number of hydrogen-bond donors (Lipinski definition) is 3. The van der Waals surface area contributed by atoms with Crippen molar-refractivity contribution < 1.29 is 9.59 Å². The fraction of sp³-hybridized carbons (Fsp3) is 0.100. The molecule has 0 heterocycles. The monoisotopic (exact) mass is 218 g/mol. The zero-order valence-corrected chi connectivity index (χ0v) is 8.36. The summed E-state index contributed by atoms with van der Waals surface area (Å²) in [6.07, 6.45) is 0. The van der Waals surface area contributed by atoms with Gasteiger partial charge in [0.05, 0.1) is 17.8 Å². The van der Waals surface area contributed by atoms with Gasteiger partial charge in [-0.3, -0.25) is 10.1 Å². The van der Waals surface area contributed by atoms with Crippen molar-refractivity contribution in [1.82, 2.24) is 5.32 Å². The second-order valence-electron chi connectivity index (χ2n) is 2.92. The van der Waals surface area contributed by atoms with Crippen molar-refractivity contribution in [2.24, 2.45) is 5.73 Å². The summed E-state index contributed by atoms with van der Waals surface area (Å²) in [7, 11) is 0. The molecule has 0 fully saturated rings. The van der Waals surface area contributed by atoms with Crippen molar-refractivity contribution in [3.63, 3.8) is 0 Å². The Morgan fingerprint density at radius 1 is 1.38 bits per heavy atom. The van der Waals surface area contributed by atoms with Crippen LogP contribution in [0.2, 0.25) is 0 Å². The van der Waals surface area contributed by atoms with Crippen molar-refractivity contribution in [3.8, 4) is 6.07 Å². The number of para-hydroxylation sites is 1. The molecule has 4 N–H and O–H groups in total. The number of primary amides is 1. The molecular weight excluding hydrogens is 208 g/mol. The van der Waals surface area contributed by atoms with Crippen LogP contribution in [-0.4, -0.2) is 18.5 Å². The van der Waals surface area contributed by atoms with Gasteiger partial charge in [0, 0.05) is 0 Å². The molecule has 0 aliphatic rings. The SMILES string of the molecule is N#Cc1ccccc1NCC(=O)NC(N)=O. The van der Waals surface area contributed by atoms with Gasteiger partial charge in [0.2, 0.25) is 5.91 Å². The van der Waals surface area contributed by atoms with Crippen molar-refractivity contribution in [3.05, 3.63) is 29.8 Å². The number of nitrogens with zero attached hydrogens (tertiary/aromatic N) is 1. The molecule has 0 aliphatic carbocycles. The van der Waals surface area contributed by atoms with Gasteiger partial charge in [-0.25, -0.2) is 4.79 Å². The number of hydrogen-bond acceptors (Lipinski definition) is 4. The van der Waals surface area contributed by atoms with E-state index in [1.54, 1.807) is 24.3 Å². The second-order valence-corrected chi connectivity index (χ2v) is 2.92. The lowest BCUT2D eigenvalue weighted by atomic mass is 10.2. The van der Waals surface area contributed by atoms with Crippen LogP contribution in [0.3, 0.4) is 0 Å². The largest absolute Gasteiger partial charge is 0.375 e. The minimum Gasteiger partial charge on any atom is -0.375 e. The minimum atomic E-state index is -0.902. The standard InChI is InChI=1S/C10H10N4O2/c11-5-7-3-1-2-4-8(7)13-6-9(15)14-10(12)16/h1-4,13H,6H2,(H3,12,14,15,16). The Labute approximate surface area is 92.0 Å². The number of carbonyl (C=O) groups is 2. The van der Waals surface area contributed by atoms with E-state index in [0.29, 0.717) is 11.3 Å². The molecule has 0 aromatic heterocycles. The molecule has 0 atom stereocenters. The molecule has 0 aliphatic heterocycles. The third-order valence-corrected chi connectivity index (χ3v) is 1.75. The summed E-state index contributed by atoms with van der Waals surface area (Å²) in [6, 6.07) is 7.80. The van der Waals surface area contributed by atoms with Crippen LogP contribution >= 0.6 is 0 Å². The van der Waals surface area contributed by atoms with E-state index in [1.165, 1.54) is 0 Å². The molecule has 0 radical (unpaired) electrons. The summed E-state index contributed by atoms with van der Waals surface area (Å²) < 4.78 is 0. The van der Waals surface area contributed by atoms with Gasteiger partial charge in [-0.05, 0) is 12.1 Å². The third-order valence-electron chi connectivity index (χ3n) is 1.75. The Morgan fingerprint density at radius 2 is 2.06 bits per heavy atom. The molecular formula is C10H10N4O2. The molecule has 0 spiro atoms. The number of nitriles is 1. The summed E-state index contributed by atoms with van der Waals surface area (Å²) in [5, 5.41) is 13.4. The number of urea groups is 1.